The van der Waals surface area contributed by atoms with E-state index in [2.05, 4.69) is 35.1 Å². The van der Waals surface area contributed by atoms with E-state index in [0.29, 0.717) is 17.9 Å². The lowest BCUT2D eigenvalue weighted by Crippen LogP contribution is -2.55. The molecule has 2 aromatic carbocycles. The van der Waals surface area contributed by atoms with Crippen LogP contribution in [0.5, 0.6) is 11.5 Å². The molecule has 0 fully saturated rings. The van der Waals surface area contributed by atoms with Crippen molar-refractivity contribution in [3.05, 3.63) is 47.5 Å². The summed E-state index contributed by atoms with van der Waals surface area (Å²) < 4.78 is 0. The topological polar surface area (TPSA) is 255 Å². The zero-order valence-electron chi connectivity index (χ0n) is 34.7. The number of carbonyl (C=O) groups excluding carboxylic acids is 6. The SMILES string of the molecule is CC(C)CCCCCCCCC(=O)N(C)[C@H](CO)C(=O)N[C@H](C)C(=O)NCC(=O)N(C)C1C(=O)N[C@@H](C)C(=O)NC(C(=O)O)Cc2ccc(O)c(c2)-c2cc1ccc2O. The van der Waals surface area contributed by atoms with Gasteiger partial charge in [-0.3, -0.25) is 28.8 Å². The Morgan fingerprint density at radius 1 is 0.814 bits per heavy atom. The number of phenols is 2. The van der Waals surface area contributed by atoms with E-state index in [1.807, 2.05) is 0 Å². The monoisotopic (exact) mass is 824 g/mol. The molecular formula is C42H60N6O11. The van der Waals surface area contributed by atoms with E-state index in [9.17, 15) is 54.0 Å². The van der Waals surface area contributed by atoms with E-state index in [-0.39, 0.29) is 46.9 Å². The third-order valence-electron chi connectivity index (χ3n) is 10.4. The number of aliphatic carboxylic acids is 1. The summed E-state index contributed by atoms with van der Waals surface area (Å²) in [6, 6.07) is 1.62. The Morgan fingerprint density at radius 2 is 1.42 bits per heavy atom. The first-order chi connectivity index (χ1) is 27.9. The summed E-state index contributed by atoms with van der Waals surface area (Å²) >= 11 is 0. The van der Waals surface area contributed by atoms with E-state index in [4.69, 9.17) is 0 Å². The lowest BCUT2D eigenvalue weighted by atomic mass is 9.94. The van der Waals surface area contributed by atoms with Crippen LogP contribution in [0.25, 0.3) is 11.1 Å². The number of unbranched alkanes of at least 4 members (excludes halogenated alkanes) is 5. The van der Waals surface area contributed by atoms with Gasteiger partial charge in [-0.1, -0.05) is 64.5 Å². The molecule has 6 amide bonds. The molecule has 4 bridgehead atoms. The summed E-state index contributed by atoms with van der Waals surface area (Å²) in [5.41, 5.74) is 0.722. The maximum atomic E-state index is 13.8. The number of carbonyl (C=O) groups is 7. The smallest absolute Gasteiger partial charge is 0.326 e. The fourth-order valence-electron chi connectivity index (χ4n) is 6.73. The zero-order valence-corrected chi connectivity index (χ0v) is 34.7. The van der Waals surface area contributed by atoms with Crippen molar-refractivity contribution < 1.29 is 54.0 Å². The van der Waals surface area contributed by atoms with E-state index < -0.39 is 78.9 Å². The Kier molecular flexibility index (Phi) is 18.1. The number of nitrogens with zero attached hydrogens (tertiary/aromatic N) is 2. The first-order valence-electron chi connectivity index (χ1n) is 20.0. The molecule has 324 valence electrons. The standard InChI is InChI=1S/C42H60N6O11/c1-24(2)13-11-9-7-8-10-12-14-35(52)47(5)32(23-49)40(56)44-25(3)38(54)43-22-36(53)48(6)37-28-16-18-34(51)30(21-28)29-19-27(15-17-33(29)50)20-31(42(58)59)46-39(55)26(4)45-41(37)57/h15-19,21,24-26,31-32,37,49-51H,7-14,20,22-23H2,1-6H3,(H,43,54)(H,44,56)(H,45,57)(H,46,55)(H,58,59)/t25-,26+,31?,32-,37?/m1/s1. The molecule has 0 aliphatic carbocycles. The van der Waals surface area contributed by atoms with Gasteiger partial charge in [-0.05, 0) is 61.6 Å². The summed E-state index contributed by atoms with van der Waals surface area (Å²) in [4.78, 5) is 93.7. The number of aliphatic hydroxyl groups is 1. The number of hydrogen-bond donors (Lipinski definition) is 8. The number of rotatable bonds is 18. The minimum Gasteiger partial charge on any atom is -0.507 e. The number of nitrogens with one attached hydrogen (secondary N) is 4. The van der Waals surface area contributed by atoms with Crippen LogP contribution in [-0.2, 0) is 40.0 Å². The van der Waals surface area contributed by atoms with Crippen LogP contribution in [0.2, 0.25) is 0 Å². The van der Waals surface area contributed by atoms with Crippen LogP contribution in [0.4, 0.5) is 0 Å². The molecule has 17 heteroatoms. The second-order valence-corrected chi connectivity index (χ2v) is 15.6. The minimum absolute atomic E-state index is 0.0656. The molecule has 5 atom stereocenters. The fraction of sp³-hybridized carbons (Fsp3) is 0.548. The number of phenolic OH excluding ortho intramolecular Hbond substituents is 2. The second kappa shape index (κ2) is 22.4. The highest BCUT2D eigenvalue weighted by atomic mass is 16.4. The van der Waals surface area contributed by atoms with Crippen molar-refractivity contribution in [1.29, 1.82) is 0 Å². The molecule has 59 heavy (non-hydrogen) atoms. The van der Waals surface area contributed by atoms with Gasteiger partial charge in [0, 0.05) is 38.1 Å². The van der Waals surface area contributed by atoms with Gasteiger partial charge in [0.2, 0.25) is 35.4 Å². The third-order valence-corrected chi connectivity index (χ3v) is 10.4. The molecule has 2 aromatic rings. The van der Waals surface area contributed by atoms with Crippen molar-refractivity contribution in [3.8, 4) is 22.6 Å². The highest BCUT2D eigenvalue weighted by Gasteiger charge is 2.34. The summed E-state index contributed by atoms with van der Waals surface area (Å²) in [6.07, 6.45) is 7.16. The van der Waals surface area contributed by atoms with E-state index in [1.54, 1.807) is 0 Å². The molecule has 0 saturated carbocycles. The Balaban J connectivity index is 1.70. The largest absolute Gasteiger partial charge is 0.507 e. The second-order valence-electron chi connectivity index (χ2n) is 15.6. The molecule has 1 heterocycles. The fourth-order valence-corrected chi connectivity index (χ4v) is 6.73. The number of aliphatic hydroxyl groups excluding tert-OH is 1. The van der Waals surface area contributed by atoms with Gasteiger partial charge in [-0.25, -0.2) is 4.79 Å². The first kappa shape index (κ1) is 47.7. The van der Waals surface area contributed by atoms with E-state index >= 15 is 0 Å². The van der Waals surface area contributed by atoms with E-state index in [0.717, 1.165) is 35.5 Å². The molecule has 1 aliphatic rings. The first-order valence-corrected chi connectivity index (χ1v) is 20.0. The number of fused-ring (bicyclic) bond motifs is 5. The van der Waals surface area contributed by atoms with E-state index in [1.165, 1.54) is 77.2 Å². The van der Waals surface area contributed by atoms with Crippen LogP contribution in [0.15, 0.2) is 36.4 Å². The molecule has 8 N–H and O–H groups in total. The average molecular weight is 825 g/mol. The van der Waals surface area contributed by atoms with Crippen molar-refractivity contribution in [2.75, 3.05) is 27.2 Å². The van der Waals surface area contributed by atoms with Gasteiger partial charge in [0.05, 0.1) is 13.2 Å². The van der Waals surface area contributed by atoms with Crippen LogP contribution >= 0.6 is 0 Å². The molecule has 2 unspecified atom stereocenters. The summed E-state index contributed by atoms with van der Waals surface area (Å²) in [5, 5.41) is 51.1. The van der Waals surface area contributed by atoms with Gasteiger partial charge in [0.1, 0.15) is 41.7 Å². The third kappa shape index (κ3) is 13.7. The van der Waals surface area contributed by atoms with Crippen molar-refractivity contribution in [3.63, 3.8) is 0 Å². The number of carboxylic acid groups (broad SMARTS) is 1. The Morgan fingerprint density at radius 3 is 2.05 bits per heavy atom. The van der Waals surface area contributed by atoms with Crippen molar-refractivity contribution in [1.82, 2.24) is 31.1 Å². The number of aromatic hydroxyl groups is 2. The molecule has 3 rings (SSSR count). The van der Waals surface area contributed by atoms with Gasteiger partial charge >= 0.3 is 5.97 Å². The Bertz CT molecular complexity index is 1840. The number of amides is 6. The van der Waals surface area contributed by atoms with Gasteiger partial charge in [-0.2, -0.15) is 0 Å². The highest BCUT2D eigenvalue weighted by Crippen LogP contribution is 2.38. The molecule has 0 aromatic heterocycles. The maximum Gasteiger partial charge on any atom is 0.326 e. The summed E-state index contributed by atoms with van der Waals surface area (Å²) in [7, 11) is 2.68. The zero-order chi connectivity index (χ0) is 44.0. The van der Waals surface area contributed by atoms with Crippen molar-refractivity contribution >= 4 is 41.4 Å². The normalized spacial score (nSPS) is 17.7. The van der Waals surface area contributed by atoms with Gasteiger partial charge in [0.15, 0.2) is 0 Å². The van der Waals surface area contributed by atoms with Gasteiger partial charge in [-0.15, -0.1) is 0 Å². The predicted molar refractivity (Wildman–Crippen MR) is 218 cm³/mol. The average Bonchev–Trinajstić information content (AvgIpc) is 3.18. The van der Waals surface area contributed by atoms with Crippen LogP contribution < -0.4 is 21.3 Å². The molecule has 0 saturated heterocycles. The molecule has 0 spiro atoms. The minimum atomic E-state index is -1.47. The van der Waals surface area contributed by atoms with Crippen LogP contribution in [0.1, 0.15) is 96.2 Å². The predicted octanol–water partition coefficient (Wildman–Crippen LogP) is 2.11. The number of hydrogen-bond acceptors (Lipinski definition) is 10. The summed E-state index contributed by atoms with van der Waals surface area (Å²) in [6.45, 7) is 5.75. The van der Waals surface area contributed by atoms with Gasteiger partial charge in [0.25, 0.3) is 0 Å². The Hall–Kier alpha value is -5.71. The molecule has 0 radical (unpaired) electrons. The number of benzene rings is 2. The lowest BCUT2D eigenvalue weighted by molar-refractivity contribution is -0.143. The summed E-state index contributed by atoms with van der Waals surface area (Å²) in [5.74, 6) is -5.58. The van der Waals surface area contributed by atoms with Crippen LogP contribution in [-0.4, -0.2) is 123 Å². The number of likely N-dealkylation sites (N-methyl/N-ethyl adjacent to an activating group) is 2. The van der Waals surface area contributed by atoms with Gasteiger partial charge < -0.3 is 51.5 Å². The quantitative estimate of drug-likeness (QED) is 0.101. The molecule has 17 nitrogen and oxygen atoms in total. The highest BCUT2D eigenvalue weighted by molar-refractivity contribution is 5.96. The lowest BCUT2D eigenvalue weighted by Gasteiger charge is -2.30. The van der Waals surface area contributed by atoms with Crippen LogP contribution in [0.3, 0.4) is 0 Å². The molecule has 1 aliphatic heterocycles. The molecular weight excluding hydrogens is 764 g/mol. The number of carboxylic acids is 1. The van der Waals surface area contributed by atoms with Crippen molar-refractivity contribution in [2.24, 2.45) is 5.92 Å². The Labute approximate surface area is 344 Å². The van der Waals surface area contributed by atoms with Crippen molar-refractivity contribution in [2.45, 2.75) is 116 Å². The van der Waals surface area contributed by atoms with Crippen LogP contribution in [0, 0.1) is 5.92 Å². The maximum absolute atomic E-state index is 13.8.